The molecule has 106 valence electrons. The van der Waals surface area contributed by atoms with Gasteiger partial charge in [0.15, 0.2) is 0 Å². The molecule has 2 nitrogen and oxygen atoms in total. The molecule has 1 rings (SSSR count). The lowest BCUT2D eigenvalue weighted by Gasteiger charge is -2.26. The van der Waals surface area contributed by atoms with E-state index in [1.807, 2.05) is 37.3 Å². The number of carbonyl (C=O) groups is 1. The van der Waals surface area contributed by atoms with E-state index < -0.39 is 0 Å². The van der Waals surface area contributed by atoms with E-state index in [9.17, 15) is 4.79 Å². The molecule has 3 atom stereocenters. The molecule has 2 heteroatoms. The van der Waals surface area contributed by atoms with Crippen LogP contribution in [0.4, 0.5) is 0 Å². The van der Waals surface area contributed by atoms with Crippen molar-refractivity contribution in [2.45, 2.75) is 47.1 Å². The van der Waals surface area contributed by atoms with Crippen LogP contribution in [0.25, 0.3) is 0 Å². The topological polar surface area (TPSA) is 26.3 Å². The maximum atomic E-state index is 12.3. The van der Waals surface area contributed by atoms with Gasteiger partial charge in [0.1, 0.15) is 6.10 Å². The Kier molecular flexibility index (Phi) is 6.07. The Bertz CT molecular complexity index is 384. The normalized spacial score (nSPS) is 15.9. The van der Waals surface area contributed by atoms with Gasteiger partial charge in [-0.05, 0) is 24.3 Å². The van der Waals surface area contributed by atoms with Crippen molar-refractivity contribution in [1.29, 1.82) is 0 Å². The first kappa shape index (κ1) is 15.7. The van der Waals surface area contributed by atoms with Crippen molar-refractivity contribution in [2.24, 2.45) is 17.8 Å². The zero-order chi connectivity index (χ0) is 14.4. The second-order valence-electron chi connectivity index (χ2n) is 5.65. The van der Waals surface area contributed by atoms with Crippen LogP contribution < -0.4 is 0 Å². The minimum absolute atomic E-state index is 0.0174. The fraction of sp³-hybridized carbons (Fsp3) is 0.588. The lowest BCUT2D eigenvalue weighted by molar-refractivity contribution is -0.157. The molecule has 19 heavy (non-hydrogen) atoms. The average molecular weight is 262 g/mol. The summed E-state index contributed by atoms with van der Waals surface area (Å²) in [5.74, 6) is 0.581. The molecule has 0 fully saturated rings. The molecule has 0 saturated carbocycles. The van der Waals surface area contributed by atoms with Gasteiger partial charge < -0.3 is 4.74 Å². The van der Waals surface area contributed by atoms with E-state index in [0.29, 0.717) is 11.8 Å². The first-order valence-electron chi connectivity index (χ1n) is 7.22. The van der Waals surface area contributed by atoms with E-state index in [2.05, 4.69) is 27.7 Å². The SMILES string of the molecule is CCC(C)C(C(=O)OC(C)c1ccccc1)C(C)C. The van der Waals surface area contributed by atoms with Crippen LogP contribution in [0.3, 0.4) is 0 Å². The van der Waals surface area contributed by atoms with Crippen LogP contribution in [-0.2, 0) is 9.53 Å². The van der Waals surface area contributed by atoms with Crippen LogP contribution in [0, 0.1) is 17.8 Å². The zero-order valence-corrected chi connectivity index (χ0v) is 12.7. The molecule has 0 radical (unpaired) electrons. The summed E-state index contributed by atoms with van der Waals surface area (Å²) in [5, 5.41) is 0. The maximum Gasteiger partial charge on any atom is 0.310 e. The van der Waals surface area contributed by atoms with Crippen LogP contribution in [-0.4, -0.2) is 5.97 Å². The Morgan fingerprint density at radius 3 is 2.16 bits per heavy atom. The predicted octanol–water partition coefficient (Wildman–Crippen LogP) is 4.61. The van der Waals surface area contributed by atoms with Crippen molar-refractivity contribution in [3.05, 3.63) is 35.9 Å². The van der Waals surface area contributed by atoms with Gasteiger partial charge in [0.05, 0.1) is 5.92 Å². The summed E-state index contributed by atoms with van der Waals surface area (Å²) in [6.07, 6.45) is 0.816. The fourth-order valence-electron chi connectivity index (χ4n) is 2.46. The Labute approximate surface area is 117 Å². The van der Waals surface area contributed by atoms with Crippen molar-refractivity contribution in [1.82, 2.24) is 0 Å². The van der Waals surface area contributed by atoms with Gasteiger partial charge in [0.25, 0.3) is 0 Å². The molecule has 0 spiro atoms. The summed E-state index contributed by atoms with van der Waals surface area (Å²) in [4.78, 5) is 12.3. The minimum Gasteiger partial charge on any atom is -0.458 e. The van der Waals surface area contributed by atoms with Crippen molar-refractivity contribution >= 4 is 5.97 Å². The largest absolute Gasteiger partial charge is 0.458 e. The second-order valence-corrected chi connectivity index (χ2v) is 5.65. The first-order valence-corrected chi connectivity index (χ1v) is 7.22. The molecule has 3 unspecified atom stereocenters. The summed E-state index contributed by atoms with van der Waals surface area (Å²) in [6.45, 7) is 10.4. The highest BCUT2D eigenvalue weighted by molar-refractivity contribution is 5.73. The summed E-state index contributed by atoms with van der Waals surface area (Å²) in [6, 6.07) is 9.88. The van der Waals surface area contributed by atoms with Gasteiger partial charge in [-0.1, -0.05) is 64.4 Å². The number of esters is 1. The number of rotatable bonds is 6. The first-order chi connectivity index (χ1) is 8.97. The summed E-state index contributed by atoms with van der Waals surface area (Å²) < 4.78 is 5.64. The number of ether oxygens (including phenoxy) is 1. The number of carbonyl (C=O) groups excluding carboxylic acids is 1. The van der Waals surface area contributed by atoms with Gasteiger partial charge >= 0.3 is 5.97 Å². The van der Waals surface area contributed by atoms with Gasteiger partial charge in [-0.25, -0.2) is 0 Å². The predicted molar refractivity (Wildman–Crippen MR) is 78.7 cm³/mol. The quantitative estimate of drug-likeness (QED) is 0.700. The number of hydrogen-bond donors (Lipinski definition) is 0. The van der Waals surface area contributed by atoms with E-state index in [1.165, 1.54) is 0 Å². The Morgan fingerprint density at radius 2 is 1.68 bits per heavy atom. The van der Waals surface area contributed by atoms with Crippen LogP contribution in [0.1, 0.15) is 52.7 Å². The van der Waals surface area contributed by atoms with Gasteiger partial charge in [-0.15, -0.1) is 0 Å². The summed E-state index contributed by atoms with van der Waals surface area (Å²) in [7, 11) is 0. The number of benzene rings is 1. The molecule has 0 bridgehead atoms. The Morgan fingerprint density at radius 1 is 1.11 bits per heavy atom. The monoisotopic (exact) mass is 262 g/mol. The molecule has 1 aromatic carbocycles. The maximum absolute atomic E-state index is 12.3. The molecule has 0 aromatic heterocycles. The standard InChI is InChI=1S/C17H26O2/c1-6-13(4)16(12(2)3)17(18)19-14(5)15-10-8-7-9-11-15/h7-14,16H,6H2,1-5H3. The lowest BCUT2D eigenvalue weighted by Crippen LogP contribution is -2.29. The molecule has 0 aliphatic rings. The van der Waals surface area contributed by atoms with Gasteiger partial charge in [0, 0.05) is 0 Å². The van der Waals surface area contributed by atoms with E-state index in [1.54, 1.807) is 0 Å². The smallest absolute Gasteiger partial charge is 0.310 e. The highest BCUT2D eigenvalue weighted by atomic mass is 16.5. The van der Waals surface area contributed by atoms with E-state index in [0.717, 1.165) is 12.0 Å². The van der Waals surface area contributed by atoms with Gasteiger partial charge in [-0.3, -0.25) is 4.79 Å². The van der Waals surface area contributed by atoms with Crippen LogP contribution in [0.15, 0.2) is 30.3 Å². The second kappa shape index (κ2) is 7.32. The lowest BCUT2D eigenvalue weighted by atomic mass is 9.83. The minimum atomic E-state index is -0.181. The molecule has 0 amide bonds. The molecule has 1 aromatic rings. The molecular formula is C17H26O2. The molecule has 0 heterocycles. The van der Waals surface area contributed by atoms with Crippen molar-refractivity contribution < 1.29 is 9.53 Å². The van der Waals surface area contributed by atoms with Crippen molar-refractivity contribution in [3.63, 3.8) is 0 Å². The van der Waals surface area contributed by atoms with Crippen LogP contribution in [0.2, 0.25) is 0 Å². The summed E-state index contributed by atoms with van der Waals surface area (Å²) in [5.41, 5.74) is 1.04. The zero-order valence-electron chi connectivity index (χ0n) is 12.7. The van der Waals surface area contributed by atoms with Crippen molar-refractivity contribution in [2.75, 3.05) is 0 Å². The highest BCUT2D eigenvalue weighted by Gasteiger charge is 2.29. The highest BCUT2D eigenvalue weighted by Crippen LogP contribution is 2.27. The fourth-order valence-corrected chi connectivity index (χ4v) is 2.46. The van der Waals surface area contributed by atoms with E-state index in [4.69, 9.17) is 4.74 Å². The summed E-state index contributed by atoms with van der Waals surface area (Å²) >= 11 is 0. The molecule has 0 N–H and O–H groups in total. The van der Waals surface area contributed by atoms with Gasteiger partial charge in [-0.2, -0.15) is 0 Å². The Hall–Kier alpha value is -1.31. The van der Waals surface area contributed by atoms with Gasteiger partial charge in [0.2, 0.25) is 0 Å². The third kappa shape index (κ3) is 4.38. The van der Waals surface area contributed by atoms with Crippen LogP contribution in [0.5, 0.6) is 0 Å². The average Bonchev–Trinajstić information content (AvgIpc) is 2.39. The number of hydrogen-bond acceptors (Lipinski definition) is 2. The van der Waals surface area contributed by atoms with Crippen LogP contribution >= 0.6 is 0 Å². The third-order valence-corrected chi connectivity index (χ3v) is 3.81. The van der Waals surface area contributed by atoms with Crippen molar-refractivity contribution in [3.8, 4) is 0 Å². The third-order valence-electron chi connectivity index (χ3n) is 3.81. The molecular weight excluding hydrogens is 236 g/mol. The molecule has 0 aliphatic heterocycles. The Balaban J connectivity index is 2.72. The molecule has 0 saturated heterocycles. The molecule has 0 aliphatic carbocycles. The van der Waals surface area contributed by atoms with E-state index in [-0.39, 0.29) is 18.0 Å². The van der Waals surface area contributed by atoms with E-state index >= 15 is 0 Å².